The second kappa shape index (κ2) is 6.57. The lowest BCUT2D eigenvalue weighted by atomic mass is 10.0. The van der Waals surface area contributed by atoms with E-state index in [-0.39, 0.29) is 0 Å². The normalized spacial score (nSPS) is 13.8. The van der Waals surface area contributed by atoms with Crippen LogP contribution < -0.4 is 4.72 Å². The lowest BCUT2D eigenvalue weighted by Gasteiger charge is -2.19. The maximum Gasteiger partial charge on any atom is 0.417 e. The smallest absolute Gasteiger partial charge is 0.207 e. The minimum absolute atomic E-state index is 0.656. The molecule has 0 saturated carbocycles. The second-order valence-corrected chi connectivity index (χ2v) is 7.38. The summed E-state index contributed by atoms with van der Waals surface area (Å²) in [7, 11) is -4.32. The molecule has 0 saturated heterocycles. The average molecular weight is 357 g/mol. The van der Waals surface area contributed by atoms with Crippen LogP contribution in [0, 0.1) is 13.8 Å². The van der Waals surface area contributed by atoms with Crippen LogP contribution >= 0.6 is 0 Å². The molecule has 0 aliphatic heterocycles. The Bertz CT molecular complexity index is 845. The predicted octanol–water partition coefficient (Wildman–Crippen LogP) is 4.36. The molecule has 1 atom stereocenters. The Morgan fingerprint density at radius 3 is 2.29 bits per heavy atom. The Kier molecular flexibility index (Phi) is 5.05. The third-order valence-electron chi connectivity index (χ3n) is 3.72. The molecule has 0 fully saturated rings. The molecule has 0 aliphatic carbocycles. The highest BCUT2D eigenvalue weighted by Gasteiger charge is 2.37. The van der Waals surface area contributed by atoms with Crippen LogP contribution in [0.15, 0.2) is 47.4 Å². The van der Waals surface area contributed by atoms with Crippen molar-refractivity contribution < 1.29 is 21.6 Å². The van der Waals surface area contributed by atoms with E-state index in [1.807, 2.05) is 32.0 Å². The van der Waals surface area contributed by atoms with Crippen molar-refractivity contribution in [1.82, 2.24) is 4.72 Å². The van der Waals surface area contributed by atoms with Crippen molar-refractivity contribution in [3.05, 3.63) is 64.7 Å². The molecule has 2 aromatic carbocycles. The van der Waals surface area contributed by atoms with Crippen molar-refractivity contribution in [1.29, 1.82) is 0 Å². The summed E-state index contributed by atoms with van der Waals surface area (Å²) in [4.78, 5) is -0.769. The number of rotatable bonds is 4. The van der Waals surface area contributed by atoms with Crippen LogP contribution in [0.25, 0.3) is 0 Å². The third kappa shape index (κ3) is 3.96. The zero-order chi connectivity index (χ0) is 18.1. The molecule has 3 nitrogen and oxygen atoms in total. The third-order valence-corrected chi connectivity index (χ3v) is 5.31. The molecule has 0 spiro atoms. The van der Waals surface area contributed by atoms with E-state index in [9.17, 15) is 21.6 Å². The van der Waals surface area contributed by atoms with Crippen LogP contribution in [0.2, 0.25) is 0 Å². The minimum atomic E-state index is -4.74. The molecule has 0 bridgehead atoms. The highest BCUT2D eigenvalue weighted by molar-refractivity contribution is 7.89. The lowest BCUT2D eigenvalue weighted by Crippen LogP contribution is -2.29. The number of benzene rings is 2. The molecular formula is C17H18F3NO2S. The first-order valence-corrected chi connectivity index (χ1v) is 8.76. The van der Waals surface area contributed by atoms with Crippen LogP contribution in [0.5, 0.6) is 0 Å². The molecule has 2 rings (SSSR count). The average Bonchev–Trinajstić information content (AvgIpc) is 2.48. The van der Waals surface area contributed by atoms with Gasteiger partial charge in [0.2, 0.25) is 10.0 Å². The first-order chi connectivity index (χ1) is 11.0. The number of halogens is 3. The molecule has 1 unspecified atom stereocenters. The van der Waals surface area contributed by atoms with E-state index >= 15 is 0 Å². The highest BCUT2D eigenvalue weighted by Crippen LogP contribution is 2.34. The summed E-state index contributed by atoms with van der Waals surface area (Å²) in [6, 6.07) is 9.05. The van der Waals surface area contributed by atoms with E-state index in [2.05, 4.69) is 4.72 Å². The fourth-order valence-corrected chi connectivity index (χ4v) is 3.97. The molecule has 2 aromatic rings. The summed E-state index contributed by atoms with van der Waals surface area (Å²) in [5, 5.41) is 0. The van der Waals surface area contributed by atoms with Crippen molar-refractivity contribution in [3.8, 4) is 0 Å². The Morgan fingerprint density at radius 2 is 1.67 bits per heavy atom. The van der Waals surface area contributed by atoms with Gasteiger partial charge in [-0.2, -0.15) is 13.2 Å². The molecule has 0 heterocycles. The maximum absolute atomic E-state index is 13.1. The van der Waals surface area contributed by atoms with Gasteiger partial charge in [-0.15, -0.1) is 0 Å². The van der Waals surface area contributed by atoms with Gasteiger partial charge in [0, 0.05) is 6.04 Å². The van der Waals surface area contributed by atoms with E-state index in [1.165, 1.54) is 6.07 Å². The molecular weight excluding hydrogens is 339 g/mol. The van der Waals surface area contributed by atoms with Gasteiger partial charge in [0.05, 0.1) is 10.5 Å². The van der Waals surface area contributed by atoms with E-state index in [0.717, 1.165) is 34.9 Å². The summed E-state index contributed by atoms with van der Waals surface area (Å²) in [6.45, 7) is 5.29. The van der Waals surface area contributed by atoms with Crippen LogP contribution in [0.1, 0.15) is 35.2 Å². The number of hydrogen-bond donors (Lipinski definition) is 1. The molecule has 0 amide bonds. The van der Waals surface area contributed by atoms with E-state index in [0.29, 0.717) is 0 Å². The van der Waals surface area contributed by atoms with Gasteiger partial charge in [-0.05, 0) is 44.0 Å². The van der Waals surface area contributed by atoms with E-state index < -0.39 is 32.7 Å². The van der Waals surface area contributed by atoms with Crippen molar-refractivity contribution in [2.24, 2.45) is 0 Å². The van der Waals surface area contributed by atoms with E-state index in [4.69, 9.17) is 0 Å². The van der Waals surface area contributed by atoms with Gasteiger partial charge in [0.25, 0.3) is 0 Å². The first-order valence-electron chi connectivity index (χ1n) is 7.28. The SMILES string of the molecule is Cc1ccc(C)c(C(C)NS(=O)(=O)c2ccccc2C(F)(F)F)c1. The monoisotopic (exact) mass is 357 g/mol. The zero-order valence-corrected chi connectivity index (χ0v) is 14.3. The Hall–Kier alpha value is -1.86. The molecule has 24 heavy (non-hydrogen) atoms. The van der Waals surface area contributed by atoms with Crippen LogP contribution in [-0.4, -0.2) is 8.42 Å². The Labute approximate surface area is 139 Å². The number of aryl methyl sites for hydroxylation is 2. The van der Waals surface area contributed by atoms with Gasteiger partial charge in [0.1, 0.15) is 0 Å². The summed E-state index contributed by atoms with van der Waals surface area (Å²) in [5.41, 5.74) is 1.35. The lowest BCUT2D eigenvalue weighted by molar-refractivity contribution is -0.139. The first kappa shape index (κ1) is 18.5. The summed E-state index contributed by atoms with van der Waals surface area (Å²) in [6.07, 6.45) is -4.74. The van der Waals surface area contributed by atoms with Crippen LogP contribution in [-0.2, 0) is 16.2 Å². The van der Waals surface area contributed by atoms with Crippen molar-refractivity contribution in [3.63, 3.8) is 0 Å². The molecule has 1 N–H and O–H groups in total. The van der Waals surface area contributed by atoms with Gasteiger partial charge in [0.15, 0.2) is 0 Å². The topological polar surface area (TPSA) is 46.2 Å². The van der Waals surface area contributed by atoms with Gasteiger partial charge >= 0.3 is 6.18 Å². The summed E-state index contributed by atoms with van der Waals surface area (Å²) < 4.78 is 66.5. The van der Waals surface area contributed by atoms with Crippen molar-refractivity contribution >= 4 is 10.0 Å². The van der Waals surface area contributed by atoms with E-state index in [1.54, 1.807) is 6.92 Å². The van der Waals surface area contributed by atoms with Gasteiger partial charge in [-0.3, -0.25) is 0 Å². The van der Waals surface area contributed by atoms with Crippen molar-refractivity contribution in [2.45, 2.75) is 37.9 Å². The van der Waals surface area contributed by atoms with Crippen LogP contribution in [0.4, 0.5) is 13.2 Å². The number of hydrogen-bond acceptors (Lipinski definition) is 2. The number of alkyl halides is 3. The standard InChI is InChI=1S/C17H18F3NO2S/c1-11-8-9-12(2)14(10-11)13(3)21-24(22,23)16-7-5-4-6-15(16)17(18,19)20/h4-10,13,21H,1-3H3. The fraction of sp³-hybridized carbons (Fsp3) is 0.294. The minimum Gasteiger partial charge on any atom is -0.207 e. The van der Waals surface area contributed by atoms with Gasteiger partial charge < -0.3 is 0 Å². The molecule has 7 heteroatoms. The van der Waals surface area contributed by atoms with Crippen LogP contribution in [0.3, 0.4) is 0 Å². The highest BCUT2D eigenvalue weighted by atomic mass is 32.2. The summed E-state index contributed by atoms with van der Waals surface area (Å²) in [5.74, 6) is 0. The zero-order valence-electron chi connectivity index (χ0n) is 13.5. The fourth-order valence-electron chi connectivity index (χ4n) is 2.52. The summed E-state index contributed by atoms with van der Waals surface area (Å²) >= 11 is 0. The Morgan fingerprint density at radius 1 is 1.04 bits per heavy atom. The quantitative estimate of drug-likeness (QED) is 0.884. The molecule has 130 valence electrons. The van der Waals surface area contributed by atoms with Gasteiger partial charge in [-0.1, -0.05) is 35.9 Å². The molecule has 0 aromatic heterocycles. The maximum atomic E-state index is 13.1. The van der Waals surface area contributed by atoms with Crippen molar-refractivity contribution in [2.75, 3.05) is 0 Å². The molecule has 0 aliphatic rings. The van der Waals surface area contributed by atoms with Gasteiger partial charge in [-0.25, -0.2) is 13.1 Å². The molecule has 0 radical (unpaired) electrons. The predicted molar refractivity (Wildman–Crippen MR) is 86.1 cm³/mol. The second-order valence-electron chi connectivity index (χ2n) is 5.70. The number of nitrogens with one attached hydrogen (secondary N) is 1. The Balaban J connectivity index is 2.41. The number of sulfonamides is 1. The largest absolute Gasteiger partial charge is 0.417 e.